The highest BCUT2D eigenvalue weighted by molar-refractivity contribution is 5.93. The maximum absolute atomic E-state index is 14.0. The van der Waals surface area contributed by atoms with E-state index in [9.17, 15) is 18.8 Å². The first kappa shape index (κ1) is 31.9. The summed E-state index contributed by atoms with van der Waals surface area (Å²) < 4.78 is 15.3. The highest BCUT2D eigenvalue weighted by Crippen LogP contribution is 2.27. The second-order valence-corrected chi connectivity index (χ2v) is 12.3. The molecule has 3 aromatic rings. The number of nitrogens with zero attached hydrogens (tertiary/aromatic N) is 4. The quantitative estimate of drug-likeness (QED) is 0.354. The van der Waals surface area contributed by atoms with Gasteiger partial charge in [-0.05, 0) is 68.5 Å². The molecule has 0 bridgehead atoms. The average Bonchev–Trinajstić information content (AvgIpc) is 3.68. The second kappa shape index (κ2) is 13.9. The molecule has 3 atom stereocenters. The van der Waals surface area contributed by atoms with Gasteiger partial charge in [0.25, 0.3) is 5.91 Å². The van der Waals surface area contributed by atoms with Crippen molar-refractivity contribution in [2.24, 2.45) is 5.41 Å². The van der Waals surface area contributed by atoms with Crippen LogP contribution in [0.1, 0.15) is 56.6 Å². The van der Waals surface area contributed by atoms with Crippen LogP contribution in [0.25, 0.3) is 5.69 Å². The third kappa shape index (κ3) is 8.07. The zero-order valence-corrected chi connectivity index (χ0v) is 25.7. The molecule has 1 aliphatic heterocycles. The van der Waals surface area contributed by atoms with E-state index in [1.54, 1.807) is 48.1 Å². The molecule has 2 heterocycles. The Morgan fingerprint density at radius 1 is 1.09 bits per heavy atom. The van der Waals surface area contributed by atoms with Gasteiger partial charge in [-0.25, -0.2) is 9.37 Å². The standard InChI is InChI=1S/C33H43FN6O3/c1-23(35-5)30(41)37-29(33(2,3)4)32(43)40-18-9-12-27(40)20-38(19-17-24-13-15-25(34)16-14-24)31(42)28-21-39(22-36-28)26-10-7-6-8-11-26/h6-8,10-11,13-16,21-23,27,29,35H,9,12,17-20H2,1-5H3,(H,37,41). The van der Waals surface area contributed by atoms with Crippen molar-refractivity contribution in [2.45, 2.75) is 65.1 Å². The van der Waals surface area contributed by atoms with Crippen molar-refractivity contribution in [3.8, 4) is 5.69 Å². The first-order valence-electron chi connectivity index (χ1n) is 14.9. The summed E-state index contributed by atoms with van der Waals surface area (Å²) in [6.45, 7) is 8.81. The number of rotatable bonds is 11. The Kier molecular flexibility index (Phi) is 10.3. The van der Waals surface area contributed by atoms with Gasteiger partial charge in [0.05, 0.1) is 6.04 Å². The van der Waals surface area contributed by atoms with Crippen molar-refractivity contribution in [3.05, 3.63) is 84.2 Å². The minimum Gasteiger partial charge on any atom is -0.342 e. The lowest BCUT2D eigenvalue weighted by Gasteiger charge is -2.37. The Morgan fingerprint density at radius 3 is 2.44 bits per heavy atom. The van der Waals surface area contributed by atoms with Gasteiger partial charge in [0.15, 0.2) is 0 Å². The van der Waals surface area contributed by atoms with Crippen LogP contribution in [0.4, 0.5) is 4.39 Å². The lowest BCUT2D eigenvalue weighted by atomic mass is 9.85. The van der Waals surface area contributed by atoms with Crippen molar-refractivity contribution in [1.29, 1.82) is 0 Å². The van der Waals surface area contributed by atoms with Gasteiger partial charge in [0, 0.05) is 37.6 Å². The van der Waals surface area contributed by atoms with Crippen LogP contribution in [0, 0.1) is 11.2 Å². The monoisotopic (exact) mass is 590 g/mol. The number of para-hydroxylation sites is 1. The molecule has 0 saturated carbocycles. The van der Waals surface area contributed by atoms with Gasteiger partial charge in [0.2, 0.25) is 11.8 Å². The topological polar surface area (TPSA) is 99.6 Å². The molecule has 2 aromatic carbocycles. The molecule has 1 fully saturated rings. The molecule has 4 rings (SSSR count). The van der Waals surface area contributed by atoms with Crippen molar-refractivity contribution >= 4 is 17.7 Å². The van der Waals surface area contributed by atoms with Crippen LogP contribution in [0.3, 0.4) is 0 Å². The van der Waals surface area contributed by atoms with E-state index in [0.29, 0.717) is 31.7 Å². The number of nitrogens with one attached hydrogen (secondary N) is 2. The number of carbonyl (C=O) groups excluding carboxylic acids is 3. The van der Waals surface area contributed by atoms with E-state index in [1.807, 2.05) is 56.0 Å². The second-order valence-electron chi connectivity index (χ2n) is 12.3. The molecular weight excluding hydrogens is 547 g/mol. The molecule has 1 saturated heterocycles. The first-order chi connectivity index (χ1) is 20.5. The summed E-state index contributed by atoms with van der Waals surface area (Å²) in [5, 5.41) is 5.89. The summed E-state index contributed by atoms with van der Waals surface area (Å²) in [6, 6.07) is 14.5. The number of hydrogen-bond donors (Lipinski definition) is 2. The third-order valence-corrected chi connectivity index (χ3v) is 8.04. The SMILES string of the molecule is CNC(C)C(=O)NC(C(=O)N1CCCC1CN(CCc1ccc(F)cc1)C(=O)c1cn(-c2ccccc2)cn1)C(C)(C)C. The smallest absolute Gasteiger partial charge is 0.274 e. The Morgan fingerprint density at radius 2 is 1.79 bits per heavy atom. The van der Waals surface area contributed by atoms with Crippen LogP contribution in [0.15, 0.2) is 67.1 Å². The van der Waals surface area contributed by atoms with Gasteiger partial charge in [-0.1, -0.05) is 51.1 Å². The molecule has 230 valence electrons. The van der Waals surface area contributed by atoms with E-state index in [4.69, 9.17) is 0 Å². The van der Waals surface area contributed by atoms with Crippen LogP contribution >= 0.6 is 0 Å². The average molecular weight is 591 g/mol. The van der Waals surface area contributed by atoms with Crippen LogP contribution in [-0.2, 0) is 16.0 Å². The van der Waals surface area contributed by atoms with E-state index < -0.39 is 17.5 Å². The Labute approximate surface area is 253 Å². The first-order valence-corrected chi connectivity index (χ1v) is 14.9. The van der Waals surface area contributed by atoms with Gasteiger partial charge in [-0.15, -0.1) is 0 Å². The summed E-state index contributed by atoms with van der Waals surface area (Å²) in [6.07, 6.45) is 5.40. The molecule has 0 aliphatic carbocycles. The van der Waals surface area contributed by atoms with Gasteiger partial charge in [-0.3, -0.25) is 14.4 Å². The number of amides is 3. The minimum absolute atomic E-state index is 0.147. The molecule has 1 aromatic heterocycles. The molecule has 1 aliphatic rings. The van der Waals surface area contributed by atoms with Gasteiger partial charge in [-0.2, -0.15) is 0 Å². The van der Waals surface area contributed by atoms with Crippen molar-refractivity contribution in [1.82, 2.24) is 30.0 Å². The van der Waals surface area contributed by atoms with Crippen molar-refractivity contribution in [2.75, 3.05) is 26.7 Å². The number of aromatic nitrogens is 2. The number of benzene rings is 2. The van der Waals surface area contributed by atoms with Crippen LogP contribution in [0.5, 0.6) is 0 Å². The largest absolute Gasteiger partial charge is 0.342 e. The van der Waals surface area contributed by atoms with E-state index in [2.05, 4.69) is 15.6 Å². The summed E-state index contributed by atoms with van der Waals surface area (Å²) in [4.78, 5) is 48.6. The molecule has 3 amide bonds. The molecule has 3 unspecified atom stereocenters. The summed E-state index contributed by atoms with van der Waals surface area (Å²) in [5.41, 5.74) is 1.58. The highest BCUT2D eigenvalue weighted by atomic mass is 19.1. The summed E-state index contributed by atoms with van der Waals surface area (Å²) in [5.74, 6) is -0.935. The predicted molar refractivity (Wildman–Crippen MR) is 164 cm³/mol. The Balaban J connectivity index is 1.56. The van der Waals surface area contributed by atoms with Gasteiger partial charge < -0.3 is 25.0 Å². The van der Waals surface area contributed by atoms with Crippen molar-refractivity contribution in [3.63, 3.8) is 0 Å². The predicted octanol–water partition coefficient (Wildman–Crippen LogP) is 3.83. The van der Waals surface area contributed by atoms with E-state index >= 15 is 0 Å². The number of likely N-dealkylation sites (N-methyl/N-ethyl adjacent to an activating group) is 1. The van der Waals surface area contributed by atoms with Crippen molar-refractivity contribution < 1.29 is 18.8 Å². The molecule has 0 spiro atoms. The normalized spacial score (nSPS) is 16.5. The van der Waals surface area contributed by atoms with Crippen LogP contribution < -0.4 is 10.6 Å². The third-order valence-electron chi connectivity index (χ3n) is 8.04. The van der Waals surface area contributed by atoms with Gasteiger partial charge in [0.1, 0.15) is 23.9 Å². The molecule has 0 radical (unpaired) electrons. The Bertz CT molecular complexity index is 1390. The zero-order valence-electron chi connectivity index (χ0n) is 25.7. The number of halogens is 1. The number of likely N-dealkylation sites (tertiary alicyclic amines) is 1. The molecular formula is C33H43FN6O3. The van der Waals surface area contributed by atoms with E-state index in [0.717, 1.165) is 24.1 Å². The van der Waals surface area contributed by atoms with Gasteiger partial charge >= 0.3 is 0 Å². The van der Waals surface area contributed by atoms with E-state index in [1.165, 1.54) is 12.1 Å². The number of imidazole rings is 1. The van der Waals surface area contributed by atoms with Crippen LogP contribution in [0.2, 0.25) is 0 Å². The maximum Gasteiger partial charge on any atom is 0.274 e. The number of hydrogen-bond acceptors (Lipinski definition) is 5. The highest BCUT2D eigenvalue weighted by Gasteiger charge is 2.41. The molecule has 10 heteroatoms. The Hall–Kier alpha value is -4.05. The zero-order chi connectivity index (χ0) is 31.1. The summed E-state index contributed by atoms with van der Waals surface area (Å²) >= 11 is 0. The maximum atomic E-state index is 14.0. The fraction of sp³-hybridized carbons (Fsp3) is 0.455. The van der Waals surface area contributed by atoms with E-state index in [-0.39, 0.29) is 29.6 Å². The fourth-order valence-electron chi connectivity index (χ4n) is 5.31. The molecule has 9 nitrogen and oxygen atoms in total. The lowest BCUT2D eigenvalue weighted by molar-refractivity contribution is -0.140. The lowest BCUT2D eigenvalue weighted by Crippen LogP contribution is -2.59. The number of carbonyl (C=O) groups is 3. The van der Waals surface area contributed by atoms with Crippen LogP contribution in [-0.4, -0.2) is 81.9 Å². The summed E-state index contributed by atoms with van der Waals surface area (Å²) in [7, 11) is 1.70. The minimum atomic E-state index is -0.721. The molecule has 43 heavy (non-hydrogen) atoms. The molecule has 2 N–H and O–H groups in total. The fourth-order valence-corrected chi connectivity index (χ4v) is 5.31.